The van der Waals surface area contributed by atoms with Crippen molar-refractivity contribution in [3.63, 3.8) is 0 Å². The molecule has 0 bridgehead atoms. The summed E-state index contributed by atoms with van der Waals surface area (Å²) in [5.41, 5.74) is 0.518. The van der Waals surface area contributed by atoms with E-state index in [-0.39, 0.29) is 5.91 Å². The number of thioether (sulfide) groups is 1. The van der Waals surface area contributed by atoms with Gasteiger partial charge in [0.25, 0.3) is 5.91 Å². The van der Waals surface area contributed by atoms with Crippen LogP contribution < -0.4 is 5.32 Å². The first-order chi connectivity index (χ1) is 10.4. The molecule has 0 aliphatic rings. The fourth-order valence-electron chi connectivity index (χ4n) is 1.83. The molecular weight excluding hydrogens is 302 g/mol. The molecule has 0 heterocycles. The Bertz CT molecular complexity index is 573. The van der Waals surface area contributed by atoms with E-state index in [1.165, 1.54) is 25.1 Å². The van der Waals surface area contributed by atoms with Gasteiger partial charge in [-0.25, -0.2) is 0 Å². The number of methoxy groups -OCH3 is 1. The fourth-order valence-corrected chi connectivity index (χ4v) is 3.12. The quantitative estimate of drug-likeness (QED) is 0.596. The van der Waals surface area contributed by atoms with Gasteiger partial charge in [0.2, 0.25) is 0 Å². The number of hydrogen-bond acceptors (Lipinski definition) is 4. The van der Waals surface area contributed by atoms with E-state index in [1.54, 1.807) is 32.2 Å². The Morgan fingerprint density at radius 2 is 2.05 bits per heavy atom. The smallest absolute Gasteiger partial charge is 0.307 e. The second-order valence-corrected chi connectivity index (χ2v) is 6.48. The third-order valence-electron chi connectivity index (χ3n) is 3.45. The van der Waals surface area contributed by atoms with Crippen LogP contribution in [-0.4, -0.2) is 35.9 Å². The molecular formula is C16H21NO4S. The van der Waals surface area contributed by atoms with Crippen LogP contribution >= 0.6 is 11.8 Å². The number of carbonyl (C=O) groups excluding carboxylic acids is 1. The van der Waals surface area contributed by atoms with Gasteiger partial charge in [0.15, 0.2) is 0 Å². The zero-order chi connectivity index (χ0) is 16.8. The minimum absolute atomic E-state index is 0.204. The number of benzene rings is 1. The lowest BCUT2D eigenvalue weighted by Gasteiger charge is -2.30. The van der Waals surface area contributed by atoms with Crippen molar-refractivity contribution in [2.75, 3.05) is 14.2 Å². The van der Waals surface area contributed by atoms with E-state index in [0.29, 0.717) is 5.56 Å². The zero-order valence-corrected chi connectivity index (χ0v) is 13.9. The van der Waals surface area contributed by atoms with Crippen LogP contribution in [0.3, 0.4) is 0 Å². The number of rotatable bonds is 7. The summed E-state index contributed by atoms with van der Waals surface area (Å²) in [5, 5.41) is 11.9. The molecule has 0 aliphatic heterocycles. The molecule has 6 heteroatoms. The Hall–Kier alpha value is -1.95. The van der Waals surface area contributed by atoms with Crippen LogP contribution in [0.15, 0.2) is 41.5 Å². The highest BCUT2D eigenvalue weighted by molar-refractivity contribution is 8.01. The Morgan fingerprint density at radius 3 is 2.59 bits per heavy atom. The minimum atomic E-state index is -0.909. The van der Waals surface area contributed by atoms with E-state index in [4.69, 9.17) is 4.74 Å². The van der Waals surface area contributed by atoms with Crippen LogP contribution in [0.4, 0.5) is 0 Å². The lowest BCUT2D eigenvalue weighted by molar-refractivity contribution is -0.141. The summed E-state index contributed by atoms with van der Waals surface area (Å²) in [6.45, 7) is 3.45. The van der Waals surface area contributed by atoms with Crippen LogP contribution in [0.5, 0.6) is 0 Å². The van der Waals surface area contributed by atoms with Crippen LogP contribution in [0.25, 0.3) is 0 Å². The van der Waals surface area contributed by atoms with Crippen molar-refractivity contribution >= 4 is 23.6 Å². The van der Waals surface area contributed by atoms with Crippen molar-refractivity contribution in [3.05, 3.63) is 42.2 Å². The van der Waals surface area contributed by atoms with Gasteiger partial charge in [-0.15, -0.1) is 11.8 Å². The third kappa shape index (κ3) is 4.27. The second-order valence-electron chi connectivity index (χ2n) is 4.96. The van der Waals surface area contributed by atoms with E-state index in [9.17, 15) is 14.7 Å². The molecule has 2 atom stereocenters. The predicted octanol–water partition coefficient (Wildman–Crippen LogP) is 2.78. The number of carboxylic acids is 1. The first-order valence-corrected chi connectivity index (χ1v) is 7.60. The molecule has 0 saturated heterocycles. The number of amides is 1. The molecule has 5 nitrogen and oxygen atoms in total. The van der Waals surface area contributed by atoms with E-state index in [1.807, 2.05) is 19.1 Å². The standard InChI is InChI=1S/C16H21NO4S/c1-11(15(19)20)16(2,9-10-21-4)22-13-8-6-5-7-12(13)14(18)17-3/h5-11H,1-4H3,(H,17,18)(H,19,20)/b10-9+. The number of hydrogen-bond donors (Lipinski definition) is 2. The number of carboxylic acid groups (broad SMARTS) is 1. The summed E-state index contributed by atoms with van der Waals surface area (Å²) in [5.74, 6) is -1.78. The topological polar surface area (TPSA) is 75.6 Å². The van der Waals surface area contributed by atoms with Crippen molar-refractivity contribution in [1.82, 2.24) is 5.32 Å². The average Bonchev–Trinajstić information content (AvgIpc) is 2.51. The fraction of sp³-hybridized carbons (Fsp3) is 0.375. The molecule has 120 valence electrons. The van der Waals surface area contributed by atoms with E-state index in [2.05, 4.69) is 5.32 Å². The van der Waals surface area contributed by atoms with E-state index < -0.39 is 16.6 Å². The summed E-state index contributed by atoms with van der Waals surface area (Å²) in [4.78, 5) is 24.1. The summed E-state index contributed by atoms with van der Waals surface area (Å²) < 4.78 is 4.18. The SMILES string of the molecule is CNC(=O)c1ccccc1SC(C)(/C=C/OC)C(C)C(=O)O. The maximum absolute atomic E-state index is 12.0. The van der Waals surface area contributed by atoms with Gasteiger partial charge in [-0.05, 0) is 25.1 Å². The maximum Gasteiger partial charge on any atom is 0.307 e. The molecule has 0 spiro atoms. The summed E-state index contributed by atoms with van der Waals surface area (Å²) in [6.07, 6.45) is 3.17. The molecule has 0 aromatic heterocycles. The van der Waals surface area contributed by atoms with Crippen molar-refractivity contribution in [3.8, 4) is 0 Å². The average molecular weight is 323 g/mol. The number of nitrogens with one attached hydrogen (secondary N) is 1. The first kappa shape index (κ1) is 18.1. The molecule has 1 rings (SSSR count). The molecule has 1 aromatic carbocycles. The van der Waals surface area contributed by atoms with Crippen LogP contribution in [0.1, 0.15) is 24.2 Å². The zero-order valence-electron chi connectivity index (χ0n) is 13.1. The van der Waals surface area contributed by atoms with Crippen molar-refractivity contribution < 1.29 is 19.4 Å². The molecule has 1 amide bonds. The molecule has 2 unspecified atom stereocenters. The van der Waals surface area contributed by atoms with E-state index in [0.717, 1.165) is 4.90 Å². The third-order valence-corrected chi connectivity index (χ3v) is 4.96. The highest BCUT2D eigenvalue weighted by Gasteiger charge is 2.36. The van der Waals surface area contributed by atoms with Gasteiger partial charge < -0.3 is 15.2 Å². The van der Waals surface area contributed by atoms with Gasteiger partial charge in [-0.3, -0.25) is 9.59 Å². The predicted molar refractivity (Wildman–Crippen MR) is 87.0 cm³/mol. The van der Waals surface area contributed by atoms with Crippen LogP contribution in [0.2, 0.25) is 0 Å². The highest BCUT2D eigenvalue weighted by atomic mass is 32.2. The van der Waals surface area contributed by atoms with Crippen LogP contribution in [-0.2, 0) is 9.53 Å². The molecule has 1 aromatic rings. The second kappa shape index (κ2) is 7.89. The Kier molecular flexibility index (Phi) is 6.49. The monoisotopic (exact) mass is 323 g/mol. The number of ether oxygens (including phenoxy) is 1. The van der Waals surface area contributed by atoms with Gasteiger partial charge >= 0.3 is 5.97 Å². The summed E-state index contributed by atoms with van der Waals surface area (Å²) in [7, 11) is 3.07. The van der Waals surface area contributed by atoms with Crippen molar-refractivity contribution in [1.29, 1.82) is 0 Å². The molecule has 22 heavy (non-hydrogen) atoms. The molecule has 0 aliphatic carbocycles. The molecule has 0 radical (unpaired) electrons. The lowest BCUT2D eigenvalue weighted by atomic mass is 9.95. The maximum atomic E-state index is 12.0. The summed E-state index contributed by atoms with van der Waals surface area (Å²) in [6, 6.07) is 7.12. The Labute approximate surface area is 134 Å². The lowest BCUT2D eigenvalue weighted by Crippen LogP contribution is -2.33. The molecule has 0 fully saturated rings. The van der Waals surface area contributed by atoms with Crippen molar-refractivity contribution in [2.45, 2.75) is 23.5 Å². The van der Waals surface area contributed by atoms with Gasteiger partial charge in [0.05, 0.1) is 29.6 Å². The number of carbonyl (C=O) groups is 2. The van der Waals surface area contributed by atoms with Crippen LogP contribution in [0, 0.1) is 5.92 Å². The Morgan fingerprint density at radius 1 is 1.41 bits per heavy atom. The van der Waals surface area contributed by atoms with E-state index >= 15 is 0 Å². The summed E-state index contributed by atoms with van der Waals surface area (Å²) >= 11 is 1.33. The number of aliphatic carboxylic acids is 1. The normalized spacial score (nSPS) is 15.1. The van der Waals surface area contributed by atoms with Gasteiger partial charge in [-0.2, -0.15) is 0 Å². The Balaban J connectivity index is 3.23. The van der Waals surface area contributed by atoms with Crippen molar-refractivity contribution in [2.24, 2.45) is 5.92 Å². The highest BCUT2D eigenvalue weighted by Crippen LogP contribution is 2.41. The van der Waals surface area contributed by atoms with Gasteiger partial charge in [0, 0.05) is 11.9 Å². The largest absolute Gasteiger partial charge is 0.505 e. The van der Waals surface area contributed by atoms with Gasteiger partial charge in [0.1, 0.15) is 0 Å². The minimum Gasteiger partial charge on any atom is -0.505 e. The van der Waals surface area contributed by atoms with Gasteiger partial charge in [-0.1, -0.05) is 19.1 Å². The molecule has 0 saturated carbocycles. The molecule has 2 N–H and O–H groups in total. The first-order valence-electron chi connectivity index (χ1n) is 6.79.